The van der Waals surface area contributed by atoms with Crippen molar-refractivity contribution in [1.29, 1.82) is 0 Å². The highest BCUT2D eigenvalue weighted by atomic mass is 35.5. The molecular formula is C17H12ClFN3O4-. The molecule has 134 valence electrons. The molecule has 7 nitrogen and oxygen atoms in total. The maximum absolute atomic E-state index is 13.1. The Morgan fingerprint density at radius 1 is 1.12 bits per heavy atom. The highest BCUT2D eigenvalue weighted by molar-refractivity contribution is 6.30. The van der Waals surface area contributed by atoms with Crippen molar-refractivity contribution in [1.82, 2.24) is 15.1 Å². The van der Waals surface area contributed by atoms with Gasteiger partial charge in [0.2, 0.25) is 5.88 Å². The molecule has 1 fully saturated rings. The van der Waals surface area contributed by atoms with Crippen molar-refractivity contribution in [2.45, 2.75) is 25.0 Å². The second-order valence-corrected chi connectivity index (χ2v) is 6.20. The molecule has 1 aromatic carbocycles. The van der Waals surface area contributed by atoms with E-state index < -0.39 is 11.7 Å². The van der Waals surface area contributed by atoms with Crippen LogP contribution in [0.15, 0.2) is 41.2 Å². The molecule has 0 unspecified atom stereocenters. The van der Waals surface area contributed by atoms with E-state index in [0.717, 1.165) is 0 Å². The van der Waals surface area contributed by atoms with Gasteiger partial charge in [0.15, 0.2) is 5.76 Å². The Labute approximate surface area is 152 Å². The number of rotatable bonds is 5. The van der Waals surface area contributed by atoms with E-state index in [9.17, 15) is 9.50 Å². The van der Waals surface area contributed by atoms with Gasteiger partial charge >= 0.3 is 0 Å². The Balaban J connectivity index is 1.29. The van der Waals surface area contributed by atoms with Crippen LogP contribution in [0.4, 0.5) is 4.39 Å². The van der Waals surface area contributed by atoms with E-state index in [1.165, 1.54) is 36.7 Å². The lowest BCUT2D eigenvalue weighted by molar-refractivity contribution is -0.277. The number of nitrogens with zero attached hydrogens (tertiary/aromatic N) is 3. The molecule has 26 heavy (non-hydrogen) atoms. The highest BCUT2D eigenvalue weighted by Gasteiger charge is 2.33. The Morgan fingerprint density at radius 3 is 2.58 bits per heavy atom. The van der Waals surface area contributed by atoms with Gasteiger partial charge in [-0.2, -0.15) is 0 Å². The largest absolute Gasteiger partial charge is 0.856 e. The van der Waals surface area contributed by atoms with E-state index >= 15 is 0 Å². The Kier molecular flexibility index (Phi) is 4.34. The number of halogens is 2. The van der Waals surface area contributed by atoms with Crippen molar-refractivity contribution in [2.24, 2.45) is 0 Å². The zero-order valence-electron chi connectivity index (χ0n) is 13.3. The summed E-state index contributed by atoms with van der Waals surface area (Å²) in [6.07, 6.45) is 4.16. The number of ether oxygens (including phenoxy) is 2. The minimum atomic E-state index is -0.479. The summed E-state index contributed by atoms with van der Waals surface area (Å²) in [4.78, 5) is 8.28. The summed E-state index contributed by atoms with van der Waals surface area (Å²) in [6, 6.07) is 5.49. The molecule has 0 bridgehead atoms. The second-order valence-electron chi connectivity index (χ2n) is 5.80. The second kappa shape index (κ2) is 6.80. The molecule has 0 N–H and O–H groups in total. The summed E-state index contributed by atoms with van der Waals surface area (Å²) in [5, 5.41) is 14.3. The lowest BCUT2D eigenvalue weighted by atomic mass is 9.92. The average Bonchev–Trinajstić information content (AvgIpc) is 3.03. The maximum atomic E-state index is 13.1. The van der Waals surface area contributed by atoms with Gasteiger partial charge < -0.3 is 19.1 Å². The van der Waals surface area contributed by atoms with E-state index in [2.05, 4.69) is 15.1 Å². The summed E-state index contributed by atoms with van der Waals surface area (Å²) in [5.74, 6) is 0.194. The molecule has 1 aliphatic rings. The van der Waals surface area contributed by atoms with Crippen LogP contribution >= 0.6 is 11.6 Å². The summed E-state index contributed by atoms with van der Waals surface area (Å²) in [6.45, 7) is 0. The number of hydrogen-bond acceptors (Lipinski definition) is 7. The molecule has 0 amide bonds. The van der Waals surface area contributed by atoms with Crippen LogP contribution < -0.4 is 14.6 Å². The minimum absolute atomic E-state index is 0.0286. The van der Waals surface area contributed by atoms with Crippen LogP contribution in [0.25, 0.3) is 11.5 Å². The lowest BCUT2D eigenvalue weighted by Crippen LogP contribution is -2.41. The van der Waals surface area contributed by atoms with Crippen LogP contribution in [0.5, 0.6) is 17.5 Å². The maximum Gasteiger partial charge on any atom is 0.232 e. The summed E-state index contributed by atoms with van der Waals surface area (Å²) >= 11 is 5.73. The summed E-state index contributed by atoms with van der Waals surface area (Å²) < 4.78 is 29.4. The molecule has 0 saturated heterocycles. The molecule has 0 atom stereocenters. The molecule has 2 aromatic heterocycles. The van der Waals surface area contributed by atoms with Gasteiger partial charge in [0.1, 0.15) is 29.5 Å². The van der Waals surface area contributed by atoms with Gasteiger partial charge in [-0.3, -0.25) is 0 Å². The van der Waals surface area contributed by atoms with Crippen LogP contribution in [0, 0.1) is 5.82 Å². The third-order valence-electron chi connectivity index (χ3n) is 3.90. The zero-order valence-corrected chi connectivity index (χ0v) is 14.0. The van der Waals surface area contributed by atoms with Crippen molar-refractivity contribution >= 4 is 11.6 Å². The van der Waals surface area contributed by atoms with E-state index in [1.54, 1.807) is 0 Å². The van der Waals surface area contributed by atoms with Crippen molar-refractivity contribution in [3.63, 3.8) is 0 Å². The number of hydrogen-bond donors (Lipinski definition) is 0. The van der Waals surface area contributed by atoms with E-state index in [1.807, 2.05) is 0 Å². The molecule has 0 radical (unpaired) electrons. The first kappa shape index (κ1) is 16.6. The monoisotopic (exact) mass is 376 g/mol. The Bertz CT molecular complexity index is 913. The SMILES string of the molecule is [O-]c1cc(-c2cnc(OC3CC(Oc4ccc(F)c(Cl)c4)C3)cn2)on1. The molecule has 1 saturated carbocycles. The van der Waals surface area contributed by atoms with Gasteiger partial charge in [0.25, 0.3) is 0 Å². The fraction of sp³-hybridized carbons (Fsp3) is 0.235. The quantitative estimate of drug-likeness (QED) is 0.675. The predicted molar refractivity (Wildman–Crippen MR) is 86.5 cm³/mol. The van der Waals surface area contributed by atoms with Gasteiger partial charge in [0, 0.05) is 30.9 Å². The van der Waals surface area contributed by atoms with Crippen molar-refractivity contribution in [3.05, 3.63) is 47.5 Å². The van der Waals surface area contributed by atoms with Crippen LogP contribution in [0.1, 0.15) is 12.8 Å². The summed E-state index contributed by atoms with van der Waals surface area (Å²) in [7, 11) is 0. The van der Waals surface area contributed by atoms with Crippen LogP contribution in [-0.4, -0.2) is 27.3 Å². The van der Waals surface area contributed by atoms with E-state index in [-0.39, 0.29) is 23.0 Å². The Hall–Kier alpha value is -2.87. The van der Waals surface area contributed by atoms with Gasteiger partial charge in [-0.25, -0.2) is 14.4 Å². The Morgan fingerprint density at radius 2 is 1.92 bits per heavy atom. The highest BCUT2D eigenvalue weighted by Crippen LogP contribution is 2.31. The van der Waals surface area contributed by atoms with Crippen molar-refractivity contribution < 1.29 is 23.5 Å². The molecule has 3 aromatic rings. The number of benzene rings is 1. The lowest BCUT2D eigenvalue weighted by Gasteiger charge is -2.34. The minimum Gasteiger partial charge on any atom is -0.856 e. The van der Waals surface area contributed by atoms with Crippen LogP contribution in [0.2, 0.25) is 5.02 Å². The molecule has 2 heterocycles. The fourth-order valence-electron chi connectivity index (χ4n) is 2.51. The average molecular weight is 377 g/mol. The fourth-order valence-corrected chi connectivity index (χ4v) is 2.68. The standard InChI is InChI=1S/C17H13ClFN3O4/c18-12-5-9(1-2-13(12)19)24-10-3-11(4-10)25-17-8-20-14(7-21-17)15-6-16(23)22-26-15/h1-2,5-8,10-11H,3-4H2,(H,22,23)/p-1. The third kappa shape index (κ3) is 3.55. The van der Waals surface area contributed by atoms with Gasteiger partial charge in [-0.1, -0.05) is 16.8 Å². The van der Waals surface area contributed by atoms with E-state index in [0.29, 0.717) is 30.2 Å². The predicted octanol–water partition coefficient (Wildman–Crippen LogP) is 2.99. The van der Waals surface area contributed by atoms with Crippen LogP contribution in [-0.2, 0) is 0 Å². The molecule has 4 rings (SSSR count). The van der Waals surface area contributed by atoms with Gasteiger partial charge in [-0.05, 0) is 12.1 Å². The van der Waals surface area contributed by atoms with Crippen molar-refractivity contribution in [3.8, 4) is 29.0 Å². The zero-order chi connectivity index (χ0) is 18.1. The van der Waals surface area contributed by atoms with Crippen molar-refractivity contribution in [2.75, 3.05) is 0 Å². The first-order chi connectivity index (χ1) is 12.6. The molecule has 0 aliphatic heterocycles. The normalized spacial score (nSPS) is 19.0. The van der Waals surface area contributed by atoms with Gasteiger partial charge in [0.05, 0.1) is 17.4 Å². The molecule has 0 spiro atoms. The smallest absolute Gasteiger partial charge is 0.232 e. The molecular weight excluding hydrogens is 365 g/mol. The first-order valence-electron chi connectivity index (χ1n) is 7.81. The molecule has 9 heteroatoms. The summed E-state index contributed by atoms with van der Waals surface area (Å²) in [5.41, 5.74) is 0.398. The number of aromatic nitrogens is 3. The van der Waals surface area contributed by atoms with Gasteiger partial charge in [-0.15, -0.1) is 0 Å². The third-order valence-corrected chi connectivity index (χ3v) is 4.19. The topological polar surface area (TPSA) is 93.3 Å². The van der Waals surface area contributed by atoms with Crippen LogP contribution in [0.3, 0.4) is 0 Å². The first-order valence-corrected chi connectivity index (χ1v) is 8.19. The van der Waals surface area contributed by atoms with E-state index in [4.69, 9.17) is 25.6 Å². The molecule has 1 aliphatic carbocycles.